The van der Waals surface area contributed by atoms with Gasteiger partial charge in [0.05, 0.1) is 0 Å². The molecule has 5 heteroatoms. The summed E-state index contributed by atoms with van der Waals surface area (Å²) in [5.41, 5.74) is 0.391. The molecule has 0 saturated carbocycles. The Labute approximate surface area is 59.9 Å². The first kappa shape index (κ1) is 7.17. The number of aromatic nitrogens is 1. The summed E-state index contributed by atoms with van der Waals surface area (Å²) in [6, 6.07) is 1.46. The summed E-state index contributed by atoms with van der Waals surface area (Å²) in [5.74, 6) is 0. The van der Waals surface area contributed by atoms with Crippen molar-refractivity contribution >= 4 is 17.6 Å². The molecule has 1 unspecified atom stereocenters. The molecular formula is C5H5NO3S. The quantitative estimate of drug-likeness (QED) is 0.498. The Bertz CT molecular complexity index is 268. The maximum Gasteiger partial charge on any atom is 0.265 e. The van der Waals surface area contributed by atoms with E-state index in [9.17, 15) is 9.00 Å². The molecule has 0 aliphatic carbocycles. The summed E-state index contributed by atoms with van der Waals surface area (Å²) in [7, 11) is 0. The molecule has 1 aromatic rings. The van der Waals surface area contributed by atoms with Crippen LogP contribution in [0.15, 0.2) is 18.5 Å². The van der Waals surface area contributed by atoms with Crippen LogP contribution in [-0.4, -0.2) is 19.0 Å². The van der Waals surface area contributed by atoms with Gasteiger partial charge in [-0.3, -0.25) is 13.3 Å². The molecule has 1 aromatic heterocycles. The number of rotatable bonds is 2. The standard InChI is InChI=1S/C5H5NO3S/c7-4-5-1-2-6(3-5)10(8)9/h1-4H,(H,8,9). The Morgan fingerprint density at radius 2 is 2.40 bits per heavy atom. The molecule has 0 spiro atoms. The van der Waals surface area contributed by atoms with Crippen LogP contribution in [0.25, 0.3) is 0 Å². The Morgan fingerprint density at radius 3 is 2.70 bits per heavy atom. The molecule has 0 bridgehead atoms. The van der Waals surface area contributed by atoms with Crippen molar-refractivity contribution in [1.82, 2.24) is 3.97 Å². The van der Waals surface area contributed by atoms with Crippen molar-refractivity contribution in [3.63, 3.8) is 0 Å². The predicted molar refractivity (Wildman–Crippen MR) is 36.0 cm³/mol. The molecule has 1 heterocycles. The zero-order chi connectivity index (χ0) is 7.56. The van der Waals surface area contributed by atoms with Gasteiger partial charge in [-0.25, -0.2) is 4.21 Å². The fourth-order valence-corrected chi connectivity index (χ4v) is 0.936. The lowest BCUT2D eigenvalue weighted by molar-refractivity contribution is 0.112. The summed E-state index contributed by atoms with van der Waals surface area (Å²) in [5, 5.41) is 0. The fourth-order valence-electron chi connectivity index (χ4n) is 0.559. The van der Waals surface area contributed by atoms with Crippen LogP contribution >= 0.6 is 0 Å². The summed E-state index contributed by atoms with van der Waals surface area (Å²) in [4.78, 5) is 10.0. The highest BCUT2D eigenvalue weighted by atomic mass is 32.2. The van der Waals surface area contributed by atoms with E-state index in [1.165, 1.54) is 18.5 Å². The number of carbonyl (C=O) groups excluding carboxylic acids is 1. The van der Waals surface area contributed by atoms with Crippen molar-refractivity contribution in [3.8, 4) is 0 Å². The fraction of sp³-hybridized carbons (Fsp3) is 0. The molecule has 1 atom stereocenters. The maximum absolute atomic E-state index is 10.3. The molecule has 4 nitrogen and oxygen atoms in total. The van der Waals surface area contributed by atoms with Crippen LogP contribution in [0.3, 0.4) is 0 Å². The molecule has 0 fully saturated rings. The van der Waals surface area contributed by atoms with Crippen molar-refractivity contribution < 1.29 is 13.6 Å². The molecule has 10 heavy (non-hydrogen) atoms. The van der Waals surface area contributed by atoms with E-state index < -0.39 is 11.3 Å². The highest BCUT2D eigenvalue weighted by Gasteiger charge is 1.97. The van der Waals surface area contributed by atoms with E-state index in [1.807, 2.05) is 0 Å². The summed E-state index contributed by atoms with van der Waals surface area (Å²) in [6.45, 7) is 0. The van der Waals surface area contributed by atoms with Gasteiger partial charge in [0.1, 0.15) is 0 Å². The van der Waals surface area contributed by atoms with Gasteiger partial charge in [-0.05, 0) is 6.07 Å². The van der Waals surface area contributed by atoms with Crippen LogP contribution in [0.2, 0.25) is 0 Å². The van der Waals surface area contributed by atoms with Gasteiger partial charge in [0.15, 0.2) is 6.29 Å². The van der Waals surface area contributed by atoms with E-state index in [0.717, 1.165) is 3.97 Å². The van der Waals surface area contributed by atoms with Gasteiger partial charge in [0.25, 0.3) is 11.3 Å². The first-order valence-electron chi connectivity index (χ1n) is 2.48. The van der Waals surface area contributed by atoms with Crippen LogP contribution in [0, 0.1) is 0 Å². The second-order valence-electron chi connectivity index (χ2n) is 1.65. The molecule has 1 rings (SSSR count). The number of nitrogens with zero attached hydrogens (tertiary/aromatic N) is 1. The van der Waals surface area contributed by atoms with Crippen molar-refractivity contribution in [2.45, 2.75) is 0 Å². The van der Waals surface area contributed by atoms with Crippen molar-refractivity contribution in [2.24, 2.45) is 0 Å². The third-order valence-electron chi connectivity index (χ3n) is 1.01. The number of hydrogen-bond donors (Lipinski definition) is 1. The van der Waals surface area contributed by atoms with E-state index in [4.69, 9.17) is 4.55 Å². The molecule has 0 radical (unpaired) electrons. The minimum atomic E-state index is -2.05. The zero-order valence-electron chi connectivity index (χ0n) is 4.93. The average molecular weight is 159 g/mol. The lowest BCUT2D eigenvalue weighted by atomic mass is 10.4. The Morgan fingerprint density at radius 1 is 1.70 bits per heavy atom. The first-order chi connectivity index (χ1) is 4.74. The monoisotopic (exact) mass is 159 g/mol. The summed E-state index contributed by atoms with van der Waals surface area (Å²) in [6.07, 6.45) is 3.27. The first-order valence-corrected chi connectivity index (χ1v) is 3.55. The lowest BCUT2D eigenvalue weighted by Gasteiger charge is -1.89. The van der Waals surface area contributed by atoms with Gasteiger partial charge in [-0.1, -0.05) is 0 Å². The van der Waals surface area contributed by atoms with E-state index in [2.05, 4.69) is 0 Å². The molecule has 0 amide bonds. The second-order valence-corrected chi connectivity index (χ2v) is 2.54. The predicted octanol–water partition coefficient (Wildman–Crippen LogP) is 0.285. The van der Waals surface area contributed by atoms with Gasteiger partial charge < -0.3 is 0 Å². The van der Waals surface area contributed by atoms with Gasteiger partial charge >= 0.3 is 0 Å². The third kappa shape index (κ3) is 1.31. The minimum Gasteiger partial charge on any atom is -0.298 e. The molecule has 0 aliphatic heterocycles. The van der Waals surface area contributed by atoms with Crippen LogP contribution < -0.4 is 0 Å². The minimum absolute atomic E-state index is 0.391. The highest BCUT2D eigenvalue weighted by Crippen LogP contribution is 1.97. The van der Waals surface area contributed by atoms with Gasteiger partial charge in [-0.2, -0.15) is 0 Å². The number of aldehydes is 1. The zero-order valence-corrected chi connectivity index (χ0v) is 5.75. The topological polar surface area (TPSA) is 59.3 Å². The van der Waals surface area contributed by atoms with Crippen LogP contribution in [0.5, 0.6) is 0 Å². The van der Waals surface area contributed by atoms with E-state index in [1.54, 1.807) is 0 Å². The highest BCUT2D eigenvalue weighted by molar-refractivity contribution is 7.77. The molecule has 0 aliphatic rings. The van der Waals surface area contributed by atoms with Crippen LogP contribution in [0.4, 0.5) is 0 Å². The van der Waals surface area contributed by atoms with Gasteiger partial charge in [0.2, 0.25) is 0 Å². The maximum atomic E-state index is 10.3. The normalized spacial score (nSPS) is 12.9. The third-order valence-corrected chi connectivity index (χ3v) is 1.59. The van der Waals surface area contributed by atoms with Crippen LogP contribution in [0.1, 0.15) is 10.4 Å². The van der Waals surface area contributed by atoms with Crippen molar-refractivity contribution in [2.75, 3.05) is 0 Å². The van der Waals surface area contributed by atoms with E-state index in [0.29, 0.717) is 11.8 Å². The Balaban J connectivity index is 2.98. The Hall–Kier alpha value is -0.940. The van der Waals surface area contributed by atoms with Crippen LogP contribution in [-0.2, 0) is 11.3 Å². The number of carbonyl (C=O) groups is 1. The van der Waals surface area contributed by atoms with E-state index in [-0.39, 0.29) is 0 Å². The molecule has 0 aromatic carbocycles. The number of hydrogen-bond acceptors (Lipinski definition) is 2. The van der Waals surface area contributed by atoms with Gasteiger partial charge in [-0.15, -0.1) is 0 Å². The van der Waals surface area contributed by atoms with E-state index >= 15 is 0 Å². The van der Waals surface area contributed by atoms with Crippen molar-refractivity contribution in [3.05, 3.63) is 24.0 Å². The largest absolute Gasteiger partial charge is 0.298 e. The molecule has 1 N–H and O–H groups in total. The van der Waals surface area contributed by atoms with Gasteiger partial charge in [0, 0.05) is 18.0 Å². The molecule has 54 valence electrons. The Kier molecular flexibility index (Phi) is 1.98. The SMILES string of the molecule is O=Cc1ccn(S(=O)O)c1. The summed E-state index contributed by atoms with van der Waals surface area (Å²) < 4.78 is 19.8. The second kappa shape index (κ2) is 2.76. The molecular weight excluding hydrogens is 154 g/mol. The average Bonchev–Trinajstić information content (AvgIpc) is 2.34. The lowest BCUT2D eigenvalue weighted by Crippen LogP contribution is -1.97. The molecule has 0 saturated heterocycles. The van der Waals surface area contributed by atoms with Crippen molar-refractivity contribution in [1.29, 1.82) is 0 Å². The smallest absolute Gasteiger partial charge is 0.265 e. The summed E-state index contributed by atoms with van der Waals surface area (Å²) >= 11 is -2.05.